The molecule has 0 unspecified atom stereocenters. The molecule has 4 rings (SSSR count). The number of carboxylic acids is 1. The molecule has 4 aliphatic rings. The van der Waals surface area contributed by atoms with Gasteiger partial charge in [0, 0.05) is 14.2 Å². The third-order valence-electron chi connectivity index (χ3n) is 8.84. The van der Waals surface area contributed by atoms with Gasteiger partial charge in [0.1, 0.15) is 0 Å². The van der Waals surface area contributed by atoms with E-state index in [9.17, 15) is 9.90 Å². The zero-order valence-electron chi connectivity index (χ0n) is 17.3. The zero-order chi connectivity index (χ0) is 19.6. The van der Waals surface area contributed by atoms with Crippen molar-refractivity contribution in [3.63, 3.8) is 0 Å². The third kappa shape index (κ3) is 2.44. The van der Waals surface area contributed by atoms with Gasteiger partial charge in [0.2, 0.25) is 0 Å². The van der Waals surface area contributed by atoms with Crippen molar-refractivity contribution in [3.05, 3.63) is 11.1 Å². The van der Waals surface area contributed by atoms with Crippen LogP contribution in [-0.2, 0) is 19.0 Å². The van der Waals surface area contributed by atoms with E-state index in [0.717, 1.165) is 44.9 Å². The Hall–Kier alpha value is -0.910. The quantitative estimate of drug-likeness (QED) is 0.739. The largest absolute Gasteiger partial charge is 0.481 e. The van der Waals surface area contributed by atoms with E-state index in [2.05, 4.69) is 13.8 Å². The molecule has 2 saturated carbocycles. The van der Waals surface area contributed by atoms with Crippen LogP contribution >= 0.6 is 0 Å². The zero-order valence-corrected chi connectivity index (χ0v) is 17.3. The van der Waals surface area contributed by atoms with Gasteiger partial charge >= 0.3 is 5.97 Å². The van der Waals surface area contributed by atoms with Gasteiger partial charge in [0.25, 0.3) is 0 Å². The number of ether oxygens (including phenoxy) is 3. The fraction of sp³-hybridized carbons (Fsp3) is 0.864. The second kappa shape index (κ2) is 6.30. The van der Waals surface area contributed by atoms with Crippen LogP contribution in [0.1, 0.15) is 65.7 Å². The van der Waals surface area contributed by atoms with Crippen molar-refractivity contribution in [2.45, 2.75) is 78.3 Å². The summed E-state index contributed by atoms with van der Waals surface area (Å²) in [6.07, 6.45) is 6.27. The minimum absolute atomic E-state index is 0.0104. The number of hydrogen-bond donors (Lipinski definition) is 1. The van der Waals surface area contributed by atoms with Crippen molar-refractivity contribution in [2.24, 2.45) is 28.1 Å². The summed E-state index contributed by atoms with van der Waals surface area (Å²) in [4.78, 5) is 12.2. The van der Waals surface area contributed by atoms with Gasteiger partial charge < -0.3 is 19.3 Å². The minimum Gasteiger partial charge on any atom is -0.481 e. The molecule has 1 aliphatic heterocycles. The Balaban J connectivity index is 1.77. The fourth-order valence-electron chi connectivity index (χ4n) is 7.65. The molecular weight excluding hydrogens is 344 g/mol. The summed E-state index contributed by atoms with van der Waals surface area (Å²) in [6.45, 7) is 6.73. The van der Waals surface area contributed by atoms with Gasteiger partial charge in [-0.2, -0.15) is 0 Å². The first-order valence-electron chi connectivity index (χ1n) is 10.4. The fourth-order valence-corrected chi connectivity index (χ4v) is 7.65. The van der Waals surface area contributed by atoms with Crippen molar-refractivity contribution < 1.29 is 24.1 Å². The number of carboxylic acid groups (broad SMARTS) is 1. The van der Waals surface area contributed by atoms with Crippen LogP contribution in [0, 0.1) is 28.1 Å². The molecule has 7 atom stereocenters. The number of methoxy groups -OCH3 is 2. The molecule has 0 amide bonds. The minimum atomic E-state index is -0.615. The van der Waals surface area contributed by atoms with E-state index in [1.807, 2.05) is 6.92 Å². The first-order chi connectivity index (χ1) is 12.7. The summed E-state index contributed by atoms with van der Waals surface area (Å²) in [5.41, 5.74) is 1.98. The summed E-state index contributed by atoms with van der Waals surface area (Å²) in [5.74, 6) is 0.0764. The Kier molecular flexibility index (Phi) is 4.53. The lowest BCUT2D eigenvalue weighted by molar-refractivity contribution is -0.190. The Morgan fingerprint density at radius 1 is 1.04 bits per heavy atom. The van der Waals surface area contributed by atoms with Crippen LogP contribution in [0.4, 0.5) is 0 Å². The number of hydrogen-bond acceptors (Lipinski definition) is 4. The molecule has 0 aromatic heterocycles. The summed E-state index contributed by atoms with van der Waals surface area (Å²) in [7, 11) is 3.40. The van der Waals surface area contributed by atoms with Crippen LogP contribution < -0.4 is 0 Å². The molecule has 5 heteroatoms. The number of aliphatic carboxylic acids is 1. The van der Waals surface area contributed by atoms with E-state index in [1.165, 1.54) is 11.1 Å². The predicted octanol–water partition coefficient (Wildman–Crippen LogP) is 4.37. The van der Waals surface area contributed by atoms with Gasteiger partial charge in [-0.15, -0.1) is 0 Å². The second-order valence-electron chi connectivity index (χ2n) is 9.89. The van der Waals surface area contributed by atoms with Crippen molar-refractivity contribution in [1.82, 2.24) is 0 Å². The molecule has 1 N–H and O–H groups in total. The van der Waals surface area contributed by atoms with Gasteiger partial charge in [0.15, 0.2) is 12.6 Å². The molecule has 152 valence electrons. The Morgan fingerprint density at radius 3 is 2.37 bits per heavy atom. The molecule has 1 heterocycles. The number of carbonyl (C=O) groups is 1. The van der Waals surface area contributed by atoms with E-state index in [0.29, 0.717) is 5.92 Å². The highest BCUT2D eigenvalue weighted by molar-refractivity contribution is 5.75. The SMILES string of the molecule is CO[C@H]1O[C@@H](OC)C2=C1CC[C@@H]1[C@@]3(C)CCC[C@](C)(C(=O)O)[C@@H]3CC[C@@]21C. The van der Waals surface area contributed by atoms with Crippen molar-refractivity contribution in [1.29, 1.82) is 0 Å². The van der Waals surface area contributed by atoms with Crippen LogP contribution in [0.3, 0.4) is 0 Å². The standard InChI is InChI=1S/C22H34O5/c1-20-10-6-11-22(3,19(23)24)15(20)9-12-21(2)14(20)8-7-13-16(21)18(26-5)27-17(13)25-4/h14-15,17-18H,6-12H2,1-5H3,(H,23,24)/t14-,15-,17+,18-,20-,21-,22+/m1/s1. The molecular formula is C22H34O5. The first-order valence-corrected chi connectivity index (χ1v) is 10.4. The second-order valence-corrected chi connectivity index (χ2v) is 9.89. The Labute approximate surface area is 162 Å². The van der Waals surface area contributed by atoms with E-state index >= 15 is 0 Å². The first kappa shape index (κ1) is 19.4. The van der Waals surface area contributed by atoms with Gasteiger partial charge in [-0.1, -0.05) is 20.3 Å². The maximum Gasteiger partial charge on any atom is 0.309 e. The normalized spacial score (nSPS) is 49.4. The van der Waals surface area contributed by atoms with Crippen molar-refractivity contribution >= 4 is 5.97 Å². The smallest absolute Gasteiger partial charge is 0.309 e. The topological polar surface area (TPSA) is 65.0 Å². The monoisotopic (exact) mass is 378 g/mol. The van der Waals surface area contributed by atoms with Crippen LogP contribution in [0.5, 0.6) is 0 Å². The summed E-state index contributed by atoms with van der Waals surface area (Å²) in [5, 5.41) is 10.0. The number of rotatable bonds is 3. The molecule has 0 spiro atoms. The highest BCUT2D eigenvalue weighted by Crippen LogP contribution is 2.69. The maximum atomic E-state index is 12.2. The molecule has 0 saturated heterocycles. The molecule has 27 heavy (non-hydrogen) atoms. The average Bonchev–Trinajstić information content (AvgIpc) is 3.00. The Bertz CT molecular complexity index is 672. The lowest BCUT2D eigenvalue weighted by atomic mass is 9.40. The molecule has 2 fully saturated rings. The predicted molar refractivity (Wildman–Crippen MR) is 101 cm³/mol. The van der Waals surface area contributed by atoms with Crippen LogP contribution in [0.2, 0.25) is 0 Å². The Morgan fingerprint density at radius 2 is 1.74 bits per heavy atom. The lowest BCUT2D eigenvalue weighted by Gasteiger charge is -2.63. The summed E-state index contributed by atoms with van der Waals surface area (Å²) < 4.78 is 17.4. The third-order valence-corrected chi connectivity index (χ3v) is 8.84. The van der Waals surface area contributed by atoms with Crippen LogP contribution in [0.25, 0.3) is 0 Å². The summed E-state index contributed by atoms with van der Waals surface area (Å²) in [6, 6.07) is 0. The van der Waals surface area contributed by atoms with Crippen molar-refractivity contribution in [3.8, 4) is 0 Å². The van der Waals surface area contributed by atoms with E-state index in [1.54, 1.807) is 14.2 Å². The average molecular weight is 379 g/mol. The molecule has 0 radical (unpaired) electrons. The van der Waals surface area contributed by atoms with Crippen LogP contribution in [-0.4, -0.2) is 37.9 Å². The number of fused-ring (bicyclic) bond motifs is 4. The van der Waals surface area contributed by atoms with E-state index < -0.39 is 11.4 Å². The lowest BCUT2D eigenvalue weighted by Crippen LogP contribution is -2.59. The molecule has 0 bridgehead atoms. The maximum absolute atomic E-state index is 12.2. The van der Waals surface area contributed by atoms with Gasteiger partial charge in [-0.25, -0.2) is 0 Å². The van der Waals surface area contributed by atoms with Crippen LogP contribution in [0.15, 0.2) is 11.1 Å². The highest BCUT2D eigenvalue weighted by atomic mass is 16.8. The van der Waals surface area contributed by atoms with Gasteiger partial charge in [-0.3, -0.25) is 4.79 Å². The molecule has 0 aromatic carbocycles. The van der Waals surface area contributed by atoms with E-state index in [4.69, 9.17) is 14.2 Å². The molecule has 5 nitrogen and oxygen atoms in total. The molecule has 0 aromatic rings. The highest BCUT2D eigenvalue weighted by Gasteiger charge is 2.64. The molecule has 3 aliphatic carbocycles. The summed E-state index contributed by atoms with van der Waals surface area (Å²) >= 11 is 0. The van der Waals surface area contributed by atoms with Crippen molar-refractivity contribution in [2.75, 3.05) is 14.2 Å². The van der Waals surface area contributed by atoms with Gasteiger partial charge in [0.05, 0.1) is 5.41 Å². The van der Waals surface area contributed by atoms with Gasteiger partial charge in [-0.05, 0) is 79.3 Å². The van der Waals surface area contributed by atoms with E-state index in [-0.39, 0.29) is 29.3 Å².